The average molecular weight is 460 g/mol. The van der Waals surface area contributed by atoms with Gasteiger partial charge in [0.1, 0.15) is 0 Å². The zero-order chi connectivity index (χ0) is 23.1. The van der Waals surface area contributed by atoms with Gasteiger partial charge in [-0.1, -0.05) is 94.0 Å². The SMILES string of the molecule is CCCCCCCCc1ccc(-c2ccc(CCCCC(N)(CO)CO[PH2]=O)cc2)cc1. The minimum atomic E-state index is -1.28. The molecule has 0 saturated carbocycles. The number of hydrogen-bond acceptors (Lipinski definition) is 4. The molecule has 2 aromatic rings. The molecule has 0 aliphatic heterocycles. The minimum absolute atomic E-state index is 0.148. The lowest BCUT2D eigenvalue weighted by atomic mass is 9.94. The zero-order valence-corrected chi connectivity index (χ0v) is 20.9. The van der Waals surface area contributed by atoms with E-state index in [9.17, 15) is 9.67 Å². The van der Waals surface area contributed by atoms with E-state index >= 15 is 0 Å². The van der Waals surface area contributed by atoms with Gasteiger partial charge in [0.15, 0.2) is 8.69 Å². The van der Waals surface area contributed by atoms with Gasteiger partial charge in [0, 0.05) is 0 Å². The molecule has 2 atom stereocenters. The van der Waals surface area contributed by atoms with Crippen molar-refractivity contribution in [2.24, 2.45) is 5.73 Å². The summed E-state index contributed by atoms with van der Waals surface area (Å²) in [7, 11) is -1.28. The maximum absolute atomic E-state index is 10.6. The van der Waals surface area contributed by atoms with Crippen LogP contribution in [0.5, 0.6) is 0 Å². The van der Waals surface area contributed by atoms with E-state index in [0.29, 0.717) is 6.42 Å². The molecule has 0 aliphatic rings. The quantitative estimate of drug-likeness (QED) is 0.214. The van der Waals surface area contributed by atoms with Crippen molar-refractivity contribution in [3.63, 3.8) is 0 Å². The lowest BCUT2D eigenvalue weighted by Crippen LogP contribution is -2.47. The van der Waals surface area contributed by atoms with Gasteiger partial charge >= 0.3 is 0 Å². The smallest absolute Gasteiger partial charge is 0.180 e. The maximum atomic E-state index is 10.6. The van der Waals surface area contributed by atoms with Crippen LogP contribution < -0.4 is 5.73 Å². The van der Waals surface area contributed by atoms with E-state index < -0.39 is 14.2 Å². The van der Waals surface area contributed by atoms with Crippen LogP contribution in [-0.4, -0.2) is 23.9 Å². The molecule has 178 valence electrons. The molecule has 0 saturated heterocycles. The Morgan fingerprint density at radius 1 is 0.812 bits per heavy atom. The van der Waals surface area contributed by atoms with E-state index in [-0.39, 0.29) is 13.2 Å². The molecule has 2 aromatic carbocycles. The fraction of sp³-hybridized carbons (Fsp3) is 0.556. The summed E-state index contributed by atoms with van der Waals surface area (Å²) < 4.78 is 15.5. The third-order valence-electron chi connectivity index (χ3n) is 6.20. The first-order valence-electron chi connectivity index (χ1n) is 12.2. The molecule has 4 nitrogen and oxygen atoms in total. The van der Waals surface area contributed by atoms with E-state index in [0.717, 1.165) is 19.3 Å². The molecular weight excluding hydrogens is 417 g/mol. The van der Waals surface area contributed by atoms with Crippen molar-refractivity contribution in [2.75, 3.05) is 13.2 Å². The summed E-state index contributed by atoms with van der Waals surface area (Å²) >= 11 is 0. The highest BCUT2D eigenvalue weighted by molar-refractivity contribution is 7.17. The largest absolute Gasteiger partial charge is 0.394 e. The molecule has 0 aliphatic carbocycles. The molecule has 0 radical (unpaired) electrons. The van der Waals surface area contributed by atoms with Crippen LogP contribution >= 0.6 is 8.69 Å². The van der Waals surface area contributed by atoms with Gasteiger partial charge in [-0.15, -0.1) is 0 Å². The Balaban J connectivity index is 1.74. The highest BCUT2D eigenvalue weighted by Gasteiger charge is 2.23. The number of aliphatic hydroxyl groups excluding tert-OH is 1. The van der Waals surface area contributed by atoms with Crippen molar-refractivity contribution >= 4 is 8.69 Å². The van der Waals surface area contributed by atoms with E-state index in [1.807, 2.05) is 0 Å². The highest BCUT2D eigenvalue weighted by Crippen LogP contribution is 2.22. The van der Waals surface area contributed by atoms with Crippen molar-refractivity contribution in [3.05, 3.63) is 59.7 Å². The van der Waals surface area contributed by atoms with Gasteiger partial charge in [-0.3, -0.25) is 4.57 Å². The van der Waals surface area contributed by atoms with Gasteiger partial charge < -0.3 is 15.4 Å². The second kappa shape index (κ2) is 15.4. The molecule has 2 rings (SSSR count). The summed E-state index contributed by atoms with van der Waals surface area (Å²) in [4.78, 5) is 0. The number of benzene rings is 2. The molecule has 32 heavy (non-hydrogen) atoms. The van der Waals surface area contributed by atoms with Crippen LogP contribution in [-0.2, 0) is 21.9 Å². The summed E-state index contributed by atoms with van der Waals surface area (Å²) in [6.07, 6.45) is 12.7. The van der Waals surface area contributed by atoms with Gasteiger partial charge in [0.25, 0.3) is 0 Å². The monoisotopic (exact) mass is 459 g/mol. The molecule has 2 unspecified atom stereocenters. The van der Waals surface area contributed by atoms with Crippen LogP contribution in [0.15, 0.2) is 48.5 Å². The van der Waals surface area contributed by atoms with Crippen LogP contribution in [0.25, 0.3) is 11.1 Å². The van der Waals surface area contributed by atoms with Gasteiger partial charge in [-0.2, -0.15) is 0 Å². The first-order chi connectivity index (χ1) is 15.6. The number of hydrogen-bond donors (Lipinski definition) is 2. The van der Waals surface area contributed by atoms with Crippen LogP contribution in [0.3, 0.4) is 0 Å². The molecule has 3 N–H and O–H groups in total. The third kappa shape index (κ3) is 10.0. The molecule has 0 spiro atoms. The van der Waals surface area contributed by atoms with Crippen LogP contribution in [0.1, 0.15) is 75.8 Å². The number of rotatable bonds is 17. The zero-order valence-electron chi connectivity index (χ0n) is 19.7. The summed E-state index contributed by atoms with van der Waals surface area (Å²) in [6, 6.07) is 17.8. The van der Waals surface area contributed by atoms with Crippen LogP contribution in [0.4, 0.5) is 0 Å². The average Bonchev–Trinajstić information content (AvgIpc) is 2.83. The van der Waals surface area contributed by atoms with E-state index in [4.69, 9.17) is 10.3 Å². The molecule has 0 amide bonds. The van der Waals surface area contributed by atoms with E-state index in [1.54, 1.807) is 0 Å². The summed E-state index contributed by atoms with van der Waals surface area (Å²) in [5.74, 6) is 0. The number of nitrogens with two attached hydrogens (primary N) is 1. The molecule has 0 fully saturated rings. The van der Waals surface area contributed by atoms with Crippen molar-refractivity contribution in [1.82, 2.24) is 0 Å². The fourth-order valence-corrected chi connectivity index (χ4v) is 4.44. The van der Waals surface area contributed by atoms with Gasteiger partial charge in [0.05, 0.1) is 18.8 Å². The Bertz CT molecular complexity index is 763. The van der Waals surface area contributed by atoms with E-state index in [2.05, 4.69) is 55.5 Å². The molecule has 0 aromatic heterocycles. The summed E-state index contributed by atoms with van der Waals surface area (Å²) in [5.41, 5.74) is 10.6. The summed E-state index contributed by atoms with van der Waals surface area (Å²) in [5, 5.41) is 9.47. The third-order valence-corrected chi connectivity index (χ3v) is 6.51. The molecule has 0 heterocycles. The fourth-order valence-electron chi connectivity index (χ4n) is 4.04. The topological polar surface area (TPSA) is 72.6 Å². The highest BCUT2D eigenvalue weighted by atomic mass is 31.1. The van der Waals surface area contributed by atoms with Gasteiger partial charge in [0.2, 0.25) is 0 Å². The molecular formula is C27H42NO3P. The van der Waals surface area contributed by atoms with Crippen LogP contribution in [0, 0.1) is 0 Å². The Hall–Kier alpha value is -1.45. The molecule has 0 bridgehead atoms. The maximum Gasteiger partial charge on any atom is 0.180 e. The van der Waals surface area contributed by atoms with Crippen molar-refractivity contribution in [3.8, 4) is 11.1 Å². The Labute approximate surface area is 195 Å². The lowest BCUT2D eigenvalue weighted by Gasteiger charge is -2.25. The second-order valence-electron chi connectivity index (χ2n) is 9.05. The van der Waals surface area contributed by atoms with Gasteiger partial charge in [-0.05, 0) is 54.4 Å². The number of aryl methyl sites for hydroxylation is 2. The van der Waals surface area contributed by atoms with Crippen molar-refractivity contribution in [2.45, 2.75) is 83.1 Å². The van der Waals surface area contributed by atoms with Crippen LogP contribution in [0.2, 0.25) is 0 Å². The minimum Gasteiger partial charge on any atom is -0.394 e. The lowest BCUT2D eigenvalue weighted by molar-refractivity contribution is 0.131. The van der Waals surface area contributed by atoms with Crippen molar-refractivity contribution < 1.29 is 14.2 Å². The standard InChI is InChI=1S/C27H42NO3P/c1-2-3-4-5-6-7-10-23-12-16-25(17-13-23)26-18-14-24(15-19-26)11-8-9-20-27(28,21-29)22-31-32-30/h12-19,29H,2-11,20-22,28,32H2,1H3. The van der Waals surface area contributed by atoms with Gasteiger partial charge in [-0.25, -0.2) is 0 Å². The first kappa shape index (κ1) is 26.8. The predicted molar refractivity (Wildman–Crippen MR) is 137 cm³/mol. The van der Waals surface area contributed by atoms with E-state index in [1.165, 1.54) is 67.2 Å². The number of aliphatic hydroxyl groups is 1. The second-order valence-corrected chi connectivity index (χ2v) is 9.57. The Morgan fingerprint density at radius 3 is 1.81 bits per heavy atom. The summed E-state index contributed by atoms with van der Waals surface area (Å²) in [6.45, 7) is 2.26. The normalized spacial score (nSPS) is 13.6. The molecule has 5 heteroatoms. The predicted octanol–water partition coefficient (Wildman–Crippen LogP) is 6.35. The Kier molecular flexibility index (Phi) is 12.9. The van der Waals surface area contributed by atoms with Crippen molar-refractivity contribution in [1.29, 1.82) is 0 Å². The Morgan fingerprint density at radius 2 is 1.31 bits per heavy atom. The number of unbranched alkanes of at least 4 members (excludes halogenated alkanes) is 6. The first-order valence-corrected chi connectivity index (χ1v) is 13.2.